The van der Waals surface area contributed by atoms with E-state index in [2.05, 4.69) is 41.2 Å². The van der Waals surface area contributed by atoms with Gasteiger partial charge >= 0.3 is 6.03 Å². The van der Waals surface area contributed by atoms with Gasteiger partial charge in [-0.2, -0.15) is 0 Å². The minimum absolute atomic E-state index is 0.0632. The van der Waals surface area contributed by atoms with Crippen molar-refractivity contribution in [2.75, 3.05) is 24.2 Å². The fourth-order valence-electron chi connectivity index (χ4n) is 4.07. The SMILES string of the molecule is CCCCn1c(-c2ccc(NC(=O)NCCC)cc2)c(N)c2c1=CC(OCC)C(C)C=2. The molecule has 168 valence electrons. The Kier molecular flexibility index (Phi) is 7.80. The Bertz CT molecular complexity index is 1010. The van der Waals surface area contributed by atoms with Crippen molar-refractivity contribution in [3.8, 4) is 11.3 Å². The summed E-state index contributed by atoms with van der Waals surface area (Å²) in [4.78, 5) is 11.9. The molecule has 2 aromatic rings. The zero-order valence-corrected chi connectivity index (χ0v) is 19.2. The highest BCUT2D eigenvalue weighted by molar-refractivity contribution is 5.89. The van der Waals surface area contributed by atoms with Gasteiger partial charge in [-0.15, -0.1) is 0 Å². The van der Waals surface area contributed by atoms with E-state index in [1.807, 2.05) is 38.1 Å². The molecule has 0 fully saturated rings. The van der Waals surface area contributed by atoms with E-state index < -0.39 is 0 Å². The number of unbranched alkanes of at least 4 members (excludes halogenated alkanes) is 1. The van der Waals surface area contributed by atoms with Crippen LogP contribution in [0.3, 0.4) is 0 Å². The first-order valence-corrected chi connectivity index (χ1v) is 11.5. The number of urea groups is 1. The van der Waals surface area contributed by atoms with Crippen LogP contribution in [0.5, 0.6) is 0 Å². The molecular formula is C25H36N4O2. The van der Waals surface area contributed by atoms with E-state index in [0.29, 0.717) is 13.2 Å². The molecule has 4 N–H and O–H groups in total. The van der Waals surface area contributed by atoms with Crippen molar-refractivity contribution in [3.05, 3.63) is 34.8 Å². The van der Waals surface area contributed by atoms with Crippen LogP contribution in [0.25, 0.3) is 23.4 Å². The zero-order chi connectivity index (χ0) is 22.4. The fourth-order valence-corrected chi connectivity index (χ4v) is 4.07. The van der Waals surface area contributed by atoms with Crippen LogP contribution >= 0.6 is 0 Å². The third-order valence-electron chi connectivity index (χ3n) is 5.70. The van der Waals surface area contributed by atoms with Gasteiger partial charge in [0.25, 0.3) is 0 Å². The number of amides is 2. The Morgan fingerprint density at radius 2 is 1.87 bits per heavy atom. The first kappa shape index (κ1) is 22.9. The maximum Gasteiger partial charge on any atom is 0.319 e. The van der Waals surface area contributed by atoms with Crippen molar-refractivity contribution in [3.63, 3.8) is 0 Å². The van der Waals surface area contributed by atoms with Crippen LogP contribution in [0, 0.1) is 5.92 Å². The topological polar surface area (TPSA) is 81.3 Å². The highest BCUT2D eigenvalue weighted by atomic mass is 16.5. The lowest BCUT2D eigenvalue weighted by Crippen LogP contribution is -2.39. The maximum atomic E-state index is 11.9. The average Bonchev–Trinajstić information content (AvgIpc) is 3.02. The largest absolute Gasteiger partial charge is 0.396 e. The normalized spacial score (nSPS) is 17.4. The lowest BCUT2D eigenvalue weighted by Gasteiger charge is -2.21. The third kappa shape index (κ3) is 5.13. The van der Waals surface area contributed by atoms with Crippen LogP contribution in [0.1, 0.15) is 47.0 Å². The molecule has 1 aromatic heterocycles. The second kappa shape index (κ2) is 10.5. The number of ether oxygens (including phenoxy) is 1. The molecule has 2 unspecified atom stereocenters. The van der Waals surface area contributed by atoms with Gasteiger partial charge in [-0.3, -0.25) is 0 Å². The van der Waals surface area contributed by atoms with E-state index in [1.165, 1.54) is 0 Å². The summed E-state index contributed by atoms with van der Waals surface area (Å²) in [7, 11) is 0. The summed E-state index contributed by atoms with van der Waals surface area (Å²) in [6.07, 6.45) is 7.62. The molecule has 6 nitrogen and oxygen atoms in total. The van der Waals surface area contributed by atoms with Gasteiger partial charge in [0.15, 0.2) is 0 Å². The van der Waals surface area contributed by atoms with Crippen LogP contribution in [-0.2, 0) is 11.3 Å². The van der Waals surface area contributed by atoms with Crippen LogP contribution < -0.4 is 26.9 Å². The van der Waals surface area contributed by atoms with Gasteiger partial charge in [0.2, 0.25) is 0 Å². The van der Waals surface area contributed by atoms with Crippen LogP contribution in [-0.4, -0.2) is 29.9 Å². The summed E-state index contributed by atoms with van der Waals surface area (Å²) < 4.78 is 8.29. The number of anilines is 2. The molecule has 2 atom stereocenters. The molecule has 1 aromatic carbocycles. The zero-order valence-electron chi connectivity index (χ0n) is 19.2. The summed E-state index contributed by atoms with van der Waals surface area (Å²) in [5, 5.41) is 7.96. The van der Waals surface area contributed by atoms with Crippen molar-refractivity contribution in [1.29, 1.82) is 0 Å². The Labute approximate surface area is 185 Å². The quantitative estimate of drug-likeness (QED) is 0.574. The monoisotopic (exact) mass is 424 g/mol. The molecule has 6 heteroatoms. The number of hydrogen-bond donors (Lipinski definition) is 3. The molecule has 0 radical (unpaired) electrons. The first-order valence-electron chi connectivity index (χ1n) is 11.5. The number of nitrogens with zero attached hydrogens (tertiary/aromatic N) is 1. The standard InChI is InChI=1S/C25H36N4O2/c1-5-8-14-29-21-16-22(31-7-3)17(4)15-20(21)23(26)24(29)18-9-11-19(12-10-18)28-25(30)27-13-6-2/h9-12,15-17,22H,5-8,13-14,26H2,1-4H3,(H2,27,28,30). The molecule has 31 heavy (non-hydrogen) atoms. The molecule has 1 aliphatic rings. The molecule has 1 aliphatic carbocycles. The summed E-state index contributed by atoms with van der Waals surface area (Å²) in [6, 6.07) is 7.72. The van der Waals surface area contributed by atoms with Gasteiger partial charge in [0.05, 0.1) is 17.5 Å². The van der Waals surface area contributed by atoms with E-state index in [-0.39, 0.29) is 18.1 Å². The van der Waals surface area contributed by atoms with E-state index in [1.54, 1.807) is 0 Å². The number of carbonyl (C=O) groups is 1. The predicted octanol–water partition coefficient (Wildman–Crippen LogP) is 3.68. The number of aromatic nitrogens is 1. The highest BCUT2D eigenvalue weighted by Crippen LogP contribution is 2.26. The Morgan fingerprint density at radius 1 is 1.13 bits per heavy atom. The van der Waals surface area contributed by atoms with E-state index in [9.17, 15) is 4.79 Å². The smallest absolute Gasteiger partial charge is 0.319 e. The predicted molar refractivity (Wildman–Crippen MR) is 129 cm³/mol. The average molecular weight is 425 g/mol. The number of nitrogens with two attached hydrogens (primary N) is 1. The number of nitrogens with one attached hydrogen (secondary N) is 2. The van der Waals surface area contributed by atoms with E-state index >= 15 is 0 Å². The van der Waals surface area contributed by atoms with Crippen molar-refractivity contribution in [2.24, 2.45) is 5.92 Å². The number of fused-ring (bicyclic) bond motifs is 1. The van der Waals surface area contributed by atoms with Gasteiger partial charge in [-0.25, -0.2) is 4.79 Å². The van der Waals surface area contributed by atoms with Crippen molar-refractivity contribution < 1.29 is 9.53 Å². The van der Waals surface area contributed by atoms with Crippen molar-refractivity contribution in [2.45, 2.75) is 59.6 Å². The molecule has 0 saturated carbocycles. The molecule has 0 spiro atoms. The third-order valence-corrected chi connectivity index (χ3v) is 5.70. The van der Waals surface area contributed by atoms with E-state index in [0.717, 1.165) is 59.0 Å². The van der Waals surface area contributed by atoms with Gasteiger partial charge < -0.3 is 25.7 Å². The van der Waals surface area contributed by atoms with Crippen molar-refractivity contribution >= 4 is 29.6 Å². The molecule has 1 heterocycles. The number of hydrogen-bond acceptors (Lipinski definition) is 3. The van der Waals surface area contributed by atoms with E-state index in [4.69, 9.17) is 10.5 Å². The highest BCUT2D eigenvalue weighted by Gasteiger charge is 2.22. The van der Waals surface area contributed by atoms with Gasteiger partial charge in [-0.05, 0) is 38.0 Å². The molecule has 3 rings (SSSR count). The second-order valence-electron chi connectivity index (χ2n) is 8.14. The molecule has 0 bridgehead atoms. The van der Waals surface area contributed by atoms with Gasteiger partial charge in [0, 0.05) is 47.4 Å². The Hall–Kier alpha value is -2.73. The first-order chi connectivity index (χ1) is 15.0. The lowest BCUT2D eigenvalue weighted by molar-refractivity contribution is 0.0861. The minimum Gasteiger partial charge on any atom is -0.396 e. The number of nitrogen functional groups attached to an aromatic ring is 1. The molecule has 0 aliphatic heterocycles. The fraction of sp³-hybridized carbons (Fsp3) is 0.480. The molecule has 0 saturated heterocycles. The van der Waals surface area contributed by atoms with Crippen molar-refractivity contribution in [1.82, 2.24) is 9.88 Å². The molecular weight excluding hydrogens is 388 g/mol. The summed E-state index contributed by atoms with van der Waals surface area (Å²) in [6.45, 7) is 10.7. The number of rotatable bonds is 9. The van der Waals surface area contributed by atoms with Crippen LogP contribution in [0.4, 0.5) is 16.2 Å². The number of benzene rings is 1. The second-order valence-corrected chi connectivity index (χ2v) is 8.14. The summed E-state index contributed by atoms with van der Waals surface area (Å²) in [5.41, 5.74) is 10.3. The summed E-state index contributed by atoms with van der Waals surface area (Å²) >= 11 is 0. The number of carbonyl (C=O) groups excluding carboxylic acids is 1. The van der Waals surface area contributed by atoms with Crippen LogP contribution in [0.2, 0.25) is 0 Å². The molecule has 2 amide bonds. The van der Waals surface area contributed by atoms with Gasteiger partial charge in [0.1, 0.15) is 0 Å². The maximum absolute atomic E-state index is 11.9. The summed E-state index contributed by atoms with van der Waals surface area (Å²) in [5.74, 6) is 0.276. The Balaban J connectivity index is 2.00. The Morgan fingerprint density at radius 3 is 2.52 bits per heavy atom. The van der Waals surface area contributed by atoms with Crippen LogP contribution in [0.15, 0.2) is 24.3 Å². The lowest BCUT2D eigenvalue weighted by atomic mass is 9.98. The minimum atomic E-state index is -0.184. The van der Waals surface area contributed by atoms with Gasteiger partial charge in [-0.1, -0.05) is 45.4 Å².